The van der Waals surface area contributed by atoms with Crippen molar-refractivity contribution < 1.29 is 4.74 Å². The Morgan fingerprint density at radius 2 is 1.86 bits per heavy atom. The highest BCUT2D eigenvalue weighted by atomic mass is 16.5. The molecule has 1 aliphatic rings. The Bertz CT molecular complexity index is 659. The molecule has 2 heteroatoms. The zero-order chi connectivity index (χ0) is 15.4. The van der Waals surface area contributed by atoms with Crippen LogP contribution in [-0.4, -0.2) is 25.5 Å². The van der Waals surface area contributed by atoms with Crippen LogP contribution >= 0.6 is 0 Å². The maximum Gasteiger partial charge on any atom is 0.120 e. The van der Waals surface area contributed by atoms with E-state index in [2.05, 4.69) is 55.4 Å². The molecule has 0 heterocycles. The summed E-state index contributed by atoms with van der Waals surface area (Å²) in [6, 6.07) is 16.8. The van der Waals surface area contributed by atoms with Gasteiger partial charge in [-0.25, -0.2) is 0 Å². The van der Waals surface area contributed by atoms with E-state index >= 15 is 0 Å². The van der Waals surface area contributed by atoms with Crippen molar-refractivity contribution in [1.29, 1.82) is 0 Å². The smallest absolute Gasteiger partial charge is 0.120 e. The molecule has 0 spiro atoms. The van der Waals surface area contributed by atoms with Gasteiger partial charge in [0.05, 0.1) is 0 Å². The summed E-state index contributed by atoms with van der Waals surface area (Å²) >= 11 is 0. The first kappa shape index (κ1) is 14.9. The standard InChI is InChI=1S/C20H23NO/c1-21(2)13-12-18-9-8-17-10-11-19(14-20(17)18)22-15-16-6-4-3-5-7-16/h3-7,10-12,14H,8-9,13,15H2,1-2H3/b18-12+. The number of benzene rings is 2. The molecule has 1 aliphatic carbocycles. The Labute approximate surface area is 133 Å². The SMILES string of the molecule is CN(C)C/C=C1\CCc2ccc(OCc3ccccc3)cc21. The van der Waals surface area contributed by atoms with E-state index in [1.54, 1.807) is 0 Å². The Hall–Kier alpha value is -2.06. The maximum atomic E-state index is 5.95. The average molecular weight is 293 g/mol. The lowest BCUT2D eigenvalue weighted by molar-refractivity contribution is 0.306. The van der Waals surface area contributed by atoms with Crippen molar-refractivity contribution >= 4 is 5.57 Å². The number of hydrogen-bond acceptors (Lipinski definition) is 2. The Balaban J connectivity index is 1.73. The molecule has 0 radical (unpaired) electrons. The fourth-order valence-corrected chi connectivity index (χ4v) is 2.81. The van der Waals surface area contributed by atoms with Gasteiger partial charge in [0.25, 0.3) is 0 Å². The largest absolute Gasteiger partial charge is 0.489 e. The maximum absolute atomic E-state index is 5.95. The van der Waals surface area contributed by atoms with Crippen LogP contribution in [0.5, 0.6) is 5.75 Å². The summed E-state index contributed by atoms with van der Waals surface area (Å²) in [5, 5.41) is 0. The van der Waals surface area contributed by atoms with E-state index in [9.17, 15) is 0 Å². The van der Waals surface area contributed by atoms with Crippen molar-refractivity contribution in [3.05, 3.63) is 71.3 Å². The van der Waals surface area contributed by atoms with Gasteiger partial charge in [0.15, 0.2) is 0 Å². The Kier molecular flexibility index (Phi) is 4.59. The second kappa shape index (κ2) is 6.80. The van der Waals surface area contributed by atoms with Crippen molar-refractivity contribution in [3.8, 4) is 5.75 Å². The predicted octanol–water partition coefficient (Wildman–Crippen LogP) is 4.16. The molecule has 0 fully saturated rings. The van der Waals surface area contributed by atoms with E-state index in [1.165, 1.54) is 22.3 Å². The number of allylic oxidation sites excluding steroid dienone is 1. The fourth-order valence-electron chi connectivity index (χ4n) is 2.81. The molecule has 22 heavy (non-hydrogen) atoms. The number of likely N-dealkylation sites (N-methyl/N-ethyl adjacent to an activating group) is 1. The van der Waals surface area contributed by atoms with Crippen molar-refractivity contribution in [1.82, 2.24) is 4.90 Å². The molecule has 2 aromatic carbocycles. The van der Waals surface area contributed by atoms with E-state index < -0.39 is 0 Å². The molecular formula is C20H23NO. The third-order valence-electron chi connectivity index (χ3n) is 4.04. The van der Waals surface area contributed by atoms with Crippen LogP contribution < -0.4 is 4.74 Å². The van der Waals surface area contributed by atoms with Crippen molar-refractivity contribution in [2.45, 2.75) is 19.4 Å². The molecule has 0 N–H and O–H groups in total. The minimum atomic E-state index is 0.621. The lowest BCUT2D eigenvalue weighted by Gasteiger charge is -2.10. The van der Waals surface area contributed by atoms with Crippen molar-refractivity contribution in [2.24, 2.45) is 0 Å². The van der Waals surface area contributed by atoms with E-state index in [-0.39, 0.29) is 0 Å². The summed E-state index contributed by atoms with van der Waals surface area (Å²) in [7, 11) is 4.21. The number of aryl methyl sites for hydroxylation is 1. The molecule has 2 nitrogen and oxygen atoms in total. The van der Waals surface area contributed by atoms with Gasteiger partial charge in [0.1, 0.15) is 12.4 Å². The van der Waals surface area contributed by atoms with Crippen molar-refractivity contribution in [3.63, 3.8) is 0 Å². The molecule has 3 rings (SSSR count). The van der Waals surface area contributed by atoms with Crippen LogP contribution in [0.25, 0.3) is 5.57 Å². The van der Waals surface area contributed by atoms with E-state index in [0.29, 0.717) is 6.61 Å². The Morgan fingerprint density at radius 1 is 1.05 bits per heavy atom. The van der Waals surface area contributed by atoms with Crippen LogP contribution in [0, 0.1) is 0 Å². The highest BCUT2D eigenvalue weighted by Gasteiger charge is 2.16. The van der Waals surface area contributed by atoms with Crippen LogP contribution in [0.3, 0.4) is 0 Å². The number of nitrogens with zero attached hydrogens (tertiary/aromatic N) is 1. The predicted molar refractivity (Wildman–Crippen MR) is 92.1 cm³/mol. The van der Waals surface area contributed by atoms with Gasteiger partial charge >= 0.3 is 0 Å². The van der Waals surface area contributed by atoms with Gasteiger partial charge in [-0.2, -0.15) is 0 Å². The van der Waals surface area contributed by atoms with Crippen LogP contribution in [0.2, 0.25) is 0 Å². The molecular weight excluding hydrogens is 270 g/mol. The van der Waals surface area contributed by atoms with E-state index in [1.807, 2.05) is 18.2 Å². The molecule has 0 unspecified atom stereocenters. The molecule has 0 atom stereocenters. The summed E-state index contributed by atoms with van der Waals surface area (Å²) in [4.78, 5) is 2.20. The lowest BCUT2D eigenvalue weighted by Crippen LogP contribution is -2.10. The van der Waals surface area contributed by atoms with Gasteiger partial charge in [-0.15, -0.1) is 0 Å². The molecule has 0 aliphatic heterocycles. The minimum Gasteiger partial charge on any atom is -0.489 e. The summed E-state index contributed by atoms with van der Waals surface area (Å²) in [6.45, 7) is 1.61. The zero-order valence-corrected chi connectivity index (χ0v) is 13.4. The van der Waals surface area contributed by atoms with Gasteiger partial charge in [-0.1, -0.05) is 42.5 Å². The summed E-state index contributed by atoms with van der Waals surface area (Å²) < 4.78 is 5.95. The summed E-state index contributed by atoms with van der Waals surface area (Å²) in [5.41, 5.74) is 5.46. The average Bonchev–Trinajstić information content (AvgIpc) is 2.94. The lowest BCUT2D eigenvalue weighted by atomic mass is 10.1. The monoisotopic (exact) mass is 293 g/mol. The number of fused-ring (bicyclic) bond motifs is 1. The first-order valence-corrected chi connectivity index (χ1v) is 7.86. The molecule has 0 bridgehead atoms. The molecule has 0 amide bonds. The van der Waals surface area contributed by atoms with Crippen LogP contribution in [0.4, 0.5) is 0 Å². The molecule has 2 aromatic rings. The fraction of sp³-hybridized carbons (Fsp3) is 0.300. The van der Waals surface area contributed by atoms with Gasteiger partial charge in [-0.3, -0.25) is 0 Å². The molecule has 114 valence electrons. The number of rotatable bonds is 5. The van der Waals surface area contributed by atoms with Gasteiger partial charge in [-0.05, 0) is 61.3 Å². The second-order valence-corrected chi connectivity index (χ2v) is 6.08. The zero-order valence-electron chi connectivity index (χ0n) is 13.4. The third kappa shape index (κ3) is 3.58. The minimum absolute atomic E-state index is 0.621. The number of ether oxygens (including phenoxy) is 1. The van der Waals surface area contributed by atoms with Crippen molar-refractivity contribution in [2.75, 3.05) is 20.6 Å². The number of hydrogen-bond donors (Lipinski definition) is 0. The summed E-state index contributed by atoms with van der Waals surface area (Å²) in [6.07, 6.45) is 4.63. The highest BCUT2D eigenvalue weighted by Crippen LogP contribution is 2.34. The van der Waals surface area contributed by atoms with E-state index in [0.717, 1.165) is 25.1 Å². The molecule has 0 saturated heterocycles. The Morgan fingerprint density at radius 3 is 2.64 bits per heavy atom. The first-order valence-electron chi connectivity index (χ1n) is 7.86. The molecule has 0 aromatic heterocycles. The van der Waals surface area contributed by atoms with Gasteiger partial charge in [0, 0.05) is 6.54 Å². The normalized spacial score (nSPS) is 15.3. The quantitative estimate of drug-likeness (QED) is 0.821. The van der Waals surface area contributed by atoms with Gasteiger partial charge < -0.3 is 9.64 Å². The van der Waals surface area contributed by atoms with Crippen LogP contribution in [-0.2, 0) is 13.0 Å². The topological polar surface area (TPSA) is 12.5 Å². The summed E-state index contributed by atoms with van der Waals surface area (Å²) in [5.74, 6) is 0.959. The van der Waals surface area contributed by atoms with Crippen LogP contribution in [0.15, 0.2) is 54.6 Å². The highest BCUT2D eigenvalue weighted by molar-refractivity contribution is 5.73. The van der Waals surface area contributed by atoms with Crippen LogP contribution in [0.1, 0.15) is 23.1 Å². The van der Waals surface area contributed by atoms with E-state index in [4.69, 9.17) is 4.74 Å². The second-order valence-electron chi connectivity index (χ2n) is 6.08. The van der Waals surface area contributed by atoms with Gasteiger partial charge in [0.2, 0.25) is 0 Å². The molecule has 0 saturated carbocycles. The first-order chi connectivity index (χ1) is 10.7. The third-order valence-corrected chi connectivity index (χ3v) is 4.04.